The molecule has 1 amide bonds. The van der Waals surface area contributed by atoms with Gasteiger partial charge in [0.1, 0.15) is 0 Å². The van der Waals surface area contributed by atoms with E-state index in [1.165, 1.54) is 0 Å². The lowest BCUT2D eigenvalue weighted by molar-refractivity contribution is -0.132. The van der Waals surface area contributed by atoms with Gasteiger partial charge in [-0.2, -0.15) is 0 Å². The zero-order valence-corrected chi connectivity index (χ0v) is 9.12. The Hall–Kier alpha value is -1.05. The molecule has 0 spiro atoms. The van der Waals surface area contributed by atoms with Crippen molar-refractivity contribution in [2.24, 2.45) is 0 Å². The second-order valence-electron chi connectivity index (χ2n) is 4.02. The van der Waals surface area contributed by atoms with E-state index < -0.39 is 0 Å². The number of hydrogen-bond acceptors (Lipinski definition) is 3. The first-order valence-corrected chi connectivity index (χ1v) is 5.47. The molecule has 2 fully saturated rings. The highest BCUT2D eigenvalue weighted by Crippen LogP contribution is 2.15. The molecular weight excluding hydrogens is 190 g/mol. The fourth-order valence-corrected chi connectivity index (χ4v) is 2.09. The lowest BCUT2D eigenvalue weighted by Crippen LogP contribution is -2.63. The molecule has 82 valence electrons. The van der Waals surface area contributed by atoms with Crippen LogP contribution in [0.2, 0.25) is 0 Å². The minimum atomic E-state index is -0.0242. The van der Waals surface area contributed by atoms with Gasteiger partial charge in [0.15, 0.2) is 0 Å². The molecule has 2 heterocycles. The van der Waals surface area contributed by atoms with Gasteiger partial charge in [0.25, 0.3) is 5.91 Å². The van der Waals surface area contributed by atoms with E-state index in [1.807, 2.05) is 4.90 Å². The number of amides is 1. The van der Waals surface area contributed by atoms with E-state index in [0.29, 0.717) is 6.04 Å². The molecule has 4 nitrogen and oxygen atoms in total. The van der Waals surface area contributed by atoms with E-state index >= 15 is 0 Å². The van der Waals surface area contributed by atoms with Crippen molar-refractivity contribution in [1.82, 2.24) is 15.1 Å². The Morgan fingerprint density at radius 2 is 2.00 bits per heavy atom. The lowest BCUT2D eigenvalue weighted by Gasteiger charge is -2.46. The minimum Gasteiger partial charge on any atom is -0.329 e. The standard InChI is InChI=1S/C11H17N3O/c1-2-3-11(15)14-8-10(9-14)13-6-4-12-5-7-13/h10,12H,4-9H2,1H3. The van der Waals surface area contributed by atoms with E-state index in [1.54, 1.807) is 6.92 Å². The number of piperazine rings is 1. The predicted molar refractivity (Wildman–Crippen MR) is 58.3 cm³/mol. The van der Waals surface area contributed by atoms with Crippen LogP contribution in [0.25, 0.3) is 0 Å². The largest absolute Gasteiger partial charge is 0.329 e. The molecular formula is C11H17N3O. The van der Waals surface area contributed by atoms with E-state index in [0.717, 1.165) is 39.3 Å². The summed E-state index contributed by atoms with van der Waals surface area (Å²) in [4.78, 5) is 15.7. The van der Waals surface area contributed by atoms with Crippen molar-refractivity contribution < 1.29 is 4.79 Å². The van der Waals surface area contributed by atoms with E-state index in [4.69, 9.17) is 0 Å². The van der Waals surface area contributed by atoms with Crippen LogP contribution in [0, 0.1) is 11.8 Å². The maximum Gasteiger partial charge on any atom is 0.298 e. The van der Waals surface area contributed by atoms with Gasteiger partial charge in [-0.1, -0.05) is 5.92 Å². The van der Waals surface area contributed by atoms with E-state index in [2.05, 4.69) is 22.1 Å². The third kappa shape index (κ3) is 2.31. The van der Waals surface area contributed by atoms with E-state index in [9.17, 15) is 4.79 Å². The molecule has 0 aromatic heterocycles. The zero-order chi connectivity index (χ0) is 10.7. The first kappa shape index (κ1) is 10.5. The van der Waals surface area contributed by atoms with Crippen molar-refractivity contribution >= 4 is 5.91 Å². The molecule has 2 rings (SSSR count). The number of carbonyl (C=O) groups is 1. The molecule has 2 aliphatic rings. The maximum atomic E-state index is 11.4. The molecule has 2 saturated heterocycles. The van der Waals surface area contributed by atoms with Gasteiger partial charge < -0.3 is 10.2 Å². The van der Waals surface area contributed by atoms with Gasteiger partial charge in [0, 0.05) is 45.3 Å². The summed E-state index contributed by atoms with van der Waals surface area (Å²) < 4.78 is 0. The summed E-state index contributed by atoms with van der Waals surface area (Å²) in [6.07, 6.45) is 0. The summed E-state index contributed by atoms with van der Waals surface area (Å²) in [6.45, 7) is 7.75. The molecule has 0 saturated carbocycles. The van der Waals surface area contributed by atoms with Crippen LogP contribution < -0.4 is 5.32 Å². The summed E-state index contributed by atoms with van der Waals surface area (Å²) >= 11 is 0. The Bertz CT molecular complexity index is 293. The highest BCUT2D eigenvalue weighted by Gasteiger charge is 2.34. The summed E-state index contributed by atoms with van der Waals surface area (Å²) in [5.74, 6) is 5.20. The van der Waals surface area contributed by atoms with Crippen LogP contribution >= 0.6 is 0 Å². The second-order valence-corrected chi connectivity index (χ2v) is 4.02. The quantitative estimate of drug-likeness (QED) is 0.568. The monoisotopic (exact) mass is 207 g/mol. The average molecular weight is 207 g/mol. The number of nitrogens with zero attached hydrogens (tertiary/aromatic N) is 2. The summed E-state index contributed by atoms with van der Waals surface area (Å²) in [5, 5.41) is 3.33. The van der Waals surface area contributed by atoms with Crippen LogP contribution in [0.4, 0.5) is 0 Å². The third-order valence-electron chi connectivity index (χ3n) is 3.05. The fourth-order valence-electron chi connectivity index (χ4n) is 2.09. The molecule has 0 bridgehead atoms. The number of rotatable bonds is 1. The molecule has 0 aromatic rings. The molecule has 2 aliphatic heterocycles. The molecule has 1 N–H and O–H groups in total. The predicted octanol–water partition coefficient (Wildman–Crippen LogP) is -0.874. The molecule has 0 aromatic carbocycles. The summed E-state index contributed by atoms with van der Waals surface area (Å²) in [7, 11) is 0. The van der Waals surface area contributed by atoms with Crippen molar-refractivity contribution in [1.29, 1.82) is 0 Å². The molecule has 4 heteroatoms. The molecule has 0 radical (unpaired) electrons. The van der Waals surface area contributed by atoms with Crippen LogP contribution in [0.1, 0.15) is 6.92 Å². The normalized spacial score (nSPS) is 22.9. The molecule has 15 heavy (non-hydrogen) atoms. The second kappa shape index (κ2) is 4.65. The van der Waals surface area contributed by atoms with Gasteiger partial charge in [-0.25, -0.2) is 0 Å². The van der Waals surface area contributed by atoms with Crippen molar-refractivity contribution in [2.75, 3.05) is 39.3 Å². The number of nitrogens with one attached hydrogen (secondary N) is 1. The molecule has 0 aliphatic carbocycles. The smallest absolute Gasteiger partial charge is 0.298 e. The van der Waals surface area contributed by atoms with Crippen molar-refractivity contribution in [3.8, 4) is 11.8 Å². The highest BCUT2D eigenvalue weighted by atomic mass is 16.2. The van der Waals surface area contributed by atoms with Gasteiger partial charge in [0.05, 0.1) is 0 Å². The minimum absolute atomic E-state index is 0.0242. The van der Waals surface area contributed by atoms with Gasteiger partial charge >= 0.3 is 0 Å². The van der Waals surface area contributed by atoms with Gasteiger partial charge in [-0.15, -0.1) is 0 Å². The topological polar surface area (TPSA) is 35.6 Å². The Balaban J connectivity index is 1.76. The zero-order valence-electron chi connectivity index (χ0n) is 9.12. The maximum absolute atomic E-state index is 11.4. The van der Waals surface area contributed by atoms with Gasteiger partial charge in [-0.05, 0) is 12.8 Å². The van der Waals surface area contributed by atoms with Gasteiger partial charge in [-0.3, -0.25) is 9.69 Å². The van der Waals surface area contributed by atoms with Crippen molar-refractivity contribution in [2.45, 2.75) is 13.0 Å². The van der Waals surface area contributed by atoms with Crippen LogP contribution in [-0.4, -0.2) is 61.0 Å². The number of hydrogen-bond donors (Lipinski definition) is 1. The van der Waals surface area contributed by atoms with Crippen molar-refractivity contribution in [3.05, 3.63) is 0 Å². The Morgan fingerprint density at radius 1 is 1.33 bits per heavy atom. The molecule has 0 unspecified atom stereocenters. The van der Waals surface area contributed by atoms with E-state index in [-0.39, 0.29) is 5.91 Å². The van der Waals surface area contributed by atoms with Crippen LogP contribution in [0.3, 0.4) is 0 Å². The lowest BCUT2D eigenvalue weighted by atomic mass is 10.1. The van der Waals surface area contributed by atoms with Crippen LogP contribution in [0.15, 0.2) is 0 Å². The first-order valence-electron chi connectivity index (χ1n) is 5.47. The fraction of sp³-hybridized carbons (Fsp3) is 0.727. The average Bonchev–Trinajstić information content (AvgIpc) is 2.17. The summed E-state index contributed by atoms with van der Waals surface area (Å²) in [5.41, 5.74) is 0. The Morgan fingerprint density at radius 3 is 2.60 bits per heavy atom. The number of likely N-dealkylation sites (tertiary alicyclic amines) is 1. The van der Waals surface area contributed by atoms with Gasteiger partial charge in [0.2, 0.25) is 0 Å². The Kier molecular flexibility index (Phi) is 3.24. The SMILES string of the molecule is CC#CC(=O)N1CC(N2CCNCC2)C1. The Labute approximate surface area is 90.6 Å². The van der Waals surface area contributed by atoms with Crippen LogP contribution in [0.5, 0.6) is 0 Å². The first-order chi connectivity index (χ1) is 7.31. The van der Waals surface area contributed by atoms with Crippen molar-refractivity contribution in [3.63, 3.8) is 0 Å². The number of carbonyl (C=O) groups excluding carboxylic acids is 1. The van der Waals surface area contributed by atoms with Crippen LogP contribution in [-0.2, 0) is 4.79 Å². The third-order valence-corrected chi connectivity index (χ3v) is 3.05. The molecule has 0 atom stereocenters. The summed E-state index contributed by atoms with van der Waals surface area (Å²) in [6, 6.07) is 0.565. The highest BCUT2D eigenvalue weighted by molar-refractivity contribution is 5.94.